The number of nitrogens with one attached hydrogen (secondary N) is 1. The van der Waals surface area contributed by atoms with E-state index in [1.54, 1.807) is 21.2 Å². The Kier molecular flexibility index (Phi) is 4.90. The fourth-order valence-corrected chi connectivity index (χ4v) is 2.32. The van der Waals surface area contributed by atoms with Crippen LogP contribution in [0.5, 0.6) is 5.75 Å². The van der Waals surface area contributed by atoms with E-state index >= 15 is 0 Å². The number of hydrogen-bond donors (Lipinski definition) is 1. The molecule has 0 spiro atoms. The third kappa shape index (κ3) is 3.21. The van der Waals surface area contributed by atoms with Crippen LogP contribution >= 0.6 is 11.6 Å². The van der Waals surface area contributed by atoms with E-state index in [9.17, 15) is 4.79 Å². The van der Waals surface area contributed by atoms with Crippen LogP contribution in [0.3, 0.4) is 0 Å². The molecule has 2 aromatic rings. The van der Waals surface area contributed by atoms with Crippen LogP contribution in [0, 0.1) is 0 Å². The zero-order valence-corrected chi connectivity index (χ0v) is 13.1. The van der Waals surface area contributed by atoms with E-state index in [1.807, 2.05) is 22.8 Å². The highest BCUT2D eigenvalue weighted by atomic mass is 35.5. The predicted molar refractivity (Wildman–Crippen MR) is 82.9 cm³/mol. The van der Waals surface area contributed by atoms with Crippen molar-refractivity contribution in [3.63, 3.8) is 0 Å². The average Bonchev–Trinajstić information content (AvgIpc) is 2.85. The van der Waals surface area contributed by atoms with Gasteiger partial charge in [0.05, 0.1) is 18.5 Å². The number of ether oxygens (including phenoxy) is 1. The van der Waals surface area contributed by atoms with Crippen molar-refractivity contribution < 1.29 is 9.53 Å². The number of hydrogen-bond acceptors (Lipinski definition) is 3. The molecule has 0 atom stereocenters. The number of nitrogens with zero attached hydrogens (tertiary/aromatic N) is 3. The Morgan fingerprint density at radius 2 is 2.24 bits per heavy atom. The Hall–Kier alpha value is -1.95. The quantitative estimate of drug-likeness (QED) is 0.860. The molecule has 0 aliphatic carbocycles. The van der Waals surface area contributed by atoms with Gasteiger partial charge < -0.3 is 19.5 Å². The molecule has 0 saturated heterocycles. The topological polar surface area (TPSA) is 59.4 Å². The number of halogens is 1. The second-order valence-corrected chi connectivity index (χ2v) is 5.03. The summed E-state index contributed by atoms with van der Waals surface area (Å²) in [5, 5.41) is 2.83. The molecular formula is C14H19ClN4O2. The third-order valence-corrected chi connectivity index (χ3v) is 3.42. The monoisotopic (exact) mass is 310 g/mol. The number of fused-ring (bicyclic) bond motifs is 1. The van der Waals surface area contributed by atoms with Gasteiger partial charge in [-0.15, -0.1) is 11.6 Å². The van der Waals surface area contributed by atoms with Gasteiger partial charge in [-0.3, -0.25) is 0 Å². The van der Waals surface area contributed by atoms with Gasteiger partial charge in [-0.25, -0.2) is 9.78 Å². The second-order valence-electron chi connectivity index (χ2n) is 4.77. The Morgan fingerprint density at radius 1 is 1.48 bits per heavy atom. The van der Waals surface area contributed by atoms with E-state index in [0.717, 1.165) is 22.6 Å². The number of para-hydroxylation sites is 1. The Labute approximate surface area is 128 Å². The highest BCUT2D eigenvalue weighted by molar-refractivity contribution is 6.16. The molecule has 0 aliphatic heterocycles. The summed E-state index contributed by atoms with van der Waals surface area (Å²) in [5.41, 5.74) is 1.73. The Morgan fingerprint density at radius 3 is 2.86 bits per heavy atom. The third-order valence-electron chi connectivity index (χ3n) is 3.18. The molecule has 2 amide bonds. The molecule has 21 heavy (non-hydrogen) atoms. The minimum Gasteiger partial charge on any atom is -0.494 e. The number of imidazole rings is 1. The maximum atomic E-state index is 11.5. The highest BCUT2D eigenvalue weighted by Crippen LogP contribution is 2.26. The number of urea groups is 1. The first-order chi connectivity index (χ1) is 10.1. The number of carbonyl (C=O) groups excluding carboxylic acids is 1. The molecule has 0 aliphatic rings. The van der Waals surface area contributed by atoms with E-state index in [4.69, 9.17) is 16.3 Å². The molecule has 7 heteroatoms. The van der Waals surface area contributed by atoms with Crippen molar-refractivity contribution in [2.24, 2.45) is 0 Å². The van der Waals surface area contributed by atoms with Gasteiger partial charge >= 0.3 is 6.03 Å². The number of carbonyl (C=O) groups is 1. The molecule has 0 fully saturated rings. The van der Waals surface area contributed by atoms with Crippen LogP contribution < -0.4 is 10.1 Å². The van der Waals surface area contributed by atoms with Crippen molar-refractivity contribution in [3.8, 4) is 5.75 Å². The summed E-state index contributed by atoms with van der Waals surface area (Å²) in [6.45, 7) is 1.11. The molecule has 0 saturated carbocycles. The summed E-state index contributed by atoms with van der Waals surface area (Å²) in [7, 11) is 5.03. The van der Waals surface area contributed by atoms with Crippen LogP contribution in [0.15, 0.2) is 18.2 Å². The number of amides is 2. The first-order valence-corrected chi connectivity index (χ1v) is 7.15. The molecule has 1 heterocycles. The Balaban J connectivity index is 2.24. The predicted octanol–water partition coefficient (Wildman–Crippen LogP) is 2.05. The van der Waals surface area contributed by atoms with Crippen molar-refractivity contribution in [3.05, 3.63) is 24.0 Å². The number of methoxy groups -OCH3 is 1. The van der Waals surface area contributed by atoms with Crippen LogP contribution in [0.4, 0.5) is 4.79 Å². The van der Waals surface area contributed by atoms with Crippen molar-refractivity contribution in [2.75, 3.05) is 27.7 Å². The maximum absolute atomic E-state index is 11.5. The van der Waals surface area contributed by atoms with E-state index in [1.165, 1.54) is 4.90 Å². The lowest BCUT2D eigenvalue weighted by atomic mass is 10.3. The molecule has 2 rings (SSSR count). The minimum absolute atomic E-state index is 0.121. The van der Waals surface area contributed by atoms with Gasteiger partial charge in [0.25, 0.3) is 0 Å². The van der Waals surface area contributed by atoms with Crippen LogP contribution in [-0.4, -0.2) is 48.2 Å². The summed E-state index contributed by atoms with van der Waals surface area (Å²) < 4.78 is 7.32. The fraction of sp³-hybridized carbons (Fsp3) is 0.429. The van der Waals surface area contributed by atoms with Crippen molar-refractivity contribution in [1.29, 1.82) is 0 Å². The lowest BCUT2D eigenvalue weighted by molar-refractivity contribution is 0.217. The molecular weight excluding hydrogens is 292 g/mol. The van der Waals surface area contributed by atoms with Gasteiger partial charge in [-0.05, 0) is 12.1 Å². The van der Waals surface area contributed by atoms with Crippen LogP contribution in [0.25, 0.3) is 11.0 Å². The molecule has 0 unspecified atom stereocenters. The van der Waals surface area contributed by atoms with E-state index in [0.29, 0.717) is 19.0 Å². The average molecular weight is 311 g/mol. The molecule has 0 bridgehead atoms. The fourth-order valence-electron chi connectivity index (χ4n) is 2.12. The number of benzene rings is 1. The summed E-state index contributed by atoms with van der Waals surface area (Å²) in [6.07, 6.45) is 0. The summed E-state index contributed by atoms with van der Waals surface area (Å²) in [6, 6.07) is 5.63. The lowest BCUT2D eigenvalue weighted by Crippen LogP contribution is -2.36. The number of alkyl halides is 1. The Bertz CT molecular complexity index is 639. The SMILES string of the molecule is COc1cccc2c1nc(CCl)n2CCNC(=O)N(C)C. The molecule has 114 valence electrons. The number of aromatic nitrogens is 2. The van der Waals surface area contributed by atoms with Gasteiger partial charge in [0.1, 0.15) is 17.1 Å². The highest BCUT2D eigenvalue weighted by Gasteiger charge is 2.13. The van der Waals surface area contributed by atoms with Crippen LogP contribution in [0.2, 0.25) is 0 Å². The summed E-state index contributed by atoms with van der Waals surface area (Å²) >= 11 is 5.97. The first kappa shape index (κ1) is 15.4. The summed E-state index contributed by atoms with van der Waals surface area (Å²) in [4.78, 5) is 17.5. The normalized spacial score (nSPS) is 10.7. The molecule has 0 radical (unpaired) electrons. The van der Waals surface area contributed by atoms with Crippen LogP contribution in [-0.2, 0) is 12.4 Å². The summed E-state index contributed by atoms with van der Waals surface area (Å²) in [5.74, 6) is 1.78. The van der Waals surface area contributed by atoms with Gasteiger partial charge in [0, 0.05) is 27.2 Å². The second kappa shape index (κ2) is 6.67. The largest absolute Gasteiger partial charge is 0.494 e. The molecule has 1 aromatic heterocycles. The van der Waals surface area contributed by atoms with E-state index in [2.05, 4.69) is 10.3 Å². The van der Waals surface area contributed by atoms with E-state index < -0.39 is 0 Å². The molecule has 1 aromatic carbocycles. The first-order valence-electron chi connectivity index (χ1n) is 6.61. The maximum Gasteiger partial charge on any atom is 0.316 e. The van der Waals surface area contributed by atoms with Crippen molar-refractivity contribution >= 4 is 28.7 Å². The lowest BCUT2D eigenvalue weighted by Gasteiger charge is -2.13. The van der Waals surface area contributed by atoms with E-state index in [-0.39, 0.29) is 6.03 Å². The number of rotatable bonds is 5. The smallest absolute Gasteiger partial charge is 0.316 e. The standard InChI is InChI=1S/C14H19ClN4O2/c1-18(2)14(20)16-7-8-19-10-5-4-6-11(21-3)13(10)17-12(19)9-15/h4-6H,7-9H2,1-3H3,(H,16,20). The zero-order valence-electron chi connectivity index (χ0n) is 12.4. The zero-order chi connectivity index (χ0) is 15.4. The molecule has 6 nitrogen and oxygen atoms in total. The molecule has 1 N–H and O–H groups in total. The van der Waals surface area contributed by atoms with Gasteiger partial charge in [-0.2, -0.15) is 0 Å². The van der Waals surface area contributed by atoms with Gasteiger partial charge in [0.15, 0.2) is 0 Å². The van der Waals surface area contributed by atoms with Crippen LogP contribution in [0.1, 0.15) is 5.82 Å². The van der Waals surface area contributed by atoms with Crippen molar-refractivity contribution in [1.82, 2.24) is 19.8 Å². The van der Waals surface area contributed by atoms with Crippen molar-refractivity contribution in [2.45, 2.75) is 12.4 Å². The van der Waals surface area contributed by atoms with Gasteiger partial charge in [0.2, 0.25) is 0 Å². The minimum atomic E-state index is -0.121. The van der Waals surface area contributed by atoms with Gasteiger partial charge in [-0.1, -0.05) is 6.07 Å².